The van der Waals surface area contributed by atoms with E-state index < -0.39 is 4.92 Å². The fraction of sp³-hybridized carbons (Fsp3) is 0.278. The highest BCUT2D eigenvalue weighted by atomic mass is 35.5. The third kappa shape index (κ3) is 4.43. The van der Waals surface area contributed by atoms with Crippen molar-refractivity contribution in [1.82, 2.24) is 5.32 Å². The molecule has 0 radical (unpaired) electrons. The van der Waals surface area contributed by atoms with Crippen molar-refractivity contribution in [3.8, 4) is 5.75 Å². The number of hydrogen-bond acceptors (Lipinski definition) is 5. The number of ether oxygens (including phenoxy) is 1. The molecule has 1 amide bonds. The second-order valence-corrected chi connectivity index (χ2v) is 6.42. The van der Waals surface area contributed by atoms with Gasteiger partial charge in [0.2, 0.25) is 5.91 Å². The molecular formula is C18H18ClN3O4. The molecule has 136 valence electrons. The summed E-state index contributed by atoms with van der Waals surface area (Å²) in [7, 11) is 0. The number of amides is 1. The maximum atomic E-state index is 12.3. The predicted octanol–water partition coefficient (Wildman–Crippen LogP) is 3.03. The normalized spacial score (nSPS) is 15.5. The van der Waals surface area contributed by atoms with Crippen LogP contribution in [0.2, 0.25) is 5.02 Å². The number of halogens is 1. The summed E-state index contributed by atoms with van der Waals surface area (Å²) in [6.07, 6.45) is 0.595. The summed E-state index contributed by atoms with van der Waals surface area (Å²) in [6.45, 7) is 1.30. The van der Waals surface area contributed by atoms with Gasteiger partial charge in [0.1, 0.15) is 12.4 Å². The van der Waals surface area contributed by atoms with Crippen LogP contribution in [0, 0.1) is 16.0 Å². The molecule has 0 aliphatic carbocycles. The molecule has 1 heterocycles. The van der Waals surface area contributed by atoms with Gasteiger partial charge in [0, 0.05) is 35.9 Å². The zero-order valence-corrected chi connectivity index (χ0v) is 14.7. The monoisotopic (exact) mass is 375 g/mol. The largest absolute Gasteiger partial charge is 0.492 e. The Morgan fingerprint density at radius 3 is 2.73 bits per heavy atom. The highest BCUT2D eigenvalue weighted by Crippen LogP contribution is 2.29. The van der Waals surface area contributed by atoms with Gasteiger partial charge >= 0.3 is 0 Å². The lowest BCUT2D eigenvalue weighted by Crippen LogP contribution is -2.39. The molecule has 7 nitrogen and oxygen atoms in total. The molecule has 0 fully saturated rings. The van der Waals surface area contributed by atoms with Crippen molar-refractivity contribution in [3.05, 3.63) is 63.2 Å². The van der Waals surface area contributed by atoms with Crippen LogP contribution in [0.5, 0.6) is 5.75 Å². The van der Waals surface area contributed by atoms with E-state index in [1.54, 1.807) is 18.2 Å². The van der Waals surface area contributed by atoms with E-state index >= 15 is 0 Å². The summed E-state index contributed by atoms with van der Waals surface area (Å²) in [6, 6.07) is 11.5. The Labute approximate surface area is 155 Å². The van der Waals surface area contributed by atoms with Crippen LogP contribution in [-0.4, -0.2) is 30.5 Å². The Bertz CT molecular complexity index is 811. The van der Waals surface area contributed by atoms with Crippen molar-refractivity contribution in [2.45, 2.75) is 6.42 Å². The SMILES string of the molecule is O=C(NCCNc1ccc([N+](=O)[O-])cc1)[C@H]1COc2ccc(Cl)cc2C1. The van der Waals surface area contributed by atoms with Crippen molar-refractivity contribution in [3.63, 3.8) is 0 Å². The Balaban J connectivity index is 1.44. The Kier molecular flexibility index (Phi) is 5.58. The first-order valence-corrected chi connectivity index (χ1v) is 8.58. The number of anilines is 1. The molecule has 8 heteroatoms. The number of nitro benzene ring substituents is 1. The summed E-state index contributed by atoms with van der Waals surface area (Å²) in [4.78, 5) is 22.5. The zero-order chi connectivity index (χ0) is 18.5. The minimum atomic E-state index is -0.443. The molecule has 1 aliphatic heterocycles. The average Bonchev–Trinajstić information content (AvgIpc) is 2.64. The standard InChI is InChI=1S/C18H18ClN3O4/c19-14-1-6-17-12(10-14)9-13(11-26-17)18(23)21-8-7-20-15-2-4-16(5-3-15)22(24)25/h1-6,10,13,20H,7-9,11H2,(H,21,23)/t13-/m1/s1. The molecule has 2 aromatic rings. The first-order valence-electron chi connectivity index (χ1n) is 8.20. The number of benzene rings is 2. The number of non-ortho nitro benzene ring substituents is 1. The molecule has 0 aromatic heterocycles. The highest BCUT2D eigenvalue weighted by molar-refractivity contribution is 6.30. The maximum absolute atomic E-state index is 12.3. The van der Waals surface area contributed by atoms with E-state index in [9.17, 15) is 14.9 Å². The quantitative estimate of drug-likeness (QED) is 0.460. The van der Waals surface area contributed by atoms with Gasteiger partial charge in [-0.3, -0.25) is 14.9 Å². The smallest absolute Gasteiger partial charge is 0.269 e. The molecule has 26 heavy (non-hydrogen) atoms. The van der Waals surface area contributed by atoms with Gasteiger partial charge in [-0.05, 0) is 42.3 Å². The summed E-state index contributed by atoms with van der Waals surface area (Å²) in [5.74, 6) is 0.458. The molecule has 2 N–H and O–H groups in total. The average molecular weight is 376 g/mol. The Morgan fingerprint density at radius 2 is 2.00 bits per heavy atom. The van der Waals surface area contributed by atoms with Gasteiger partial charge < -0.3 is 15.4 Å². The summed E-state index contributed by atoms with van der Waals surface area (Å²) in [5, 5.41) is 17.2. The predicted molar refractivity (Wildman–Crippen MR) is 98.7 cm³/mol. The second-order valence-electron chi connectivity index (χ2n) is 5.99. The highest BCUT2D eigenvalue weighted by Gasteiger charge is 2.25. The topological polar surface area (TPSA) is 93.5 Å². The molecule has 1 aliphatic rings. The van der Waals surface area contributed by atoms with Gasteiger partial charge in [0.15, 0.2) is 0 Å². The van der Waals surface area contributed by atoms with Gasteiger partial charge in [-0.25, -0.2) is 0 Å². The fourth-order valence-corrected chi connectivity index (χ4v) is 2.96. The van der Waals surface area contributed by atoms with Crippen LogP contribution in [0.15, 0.2) is 42.5 Å². The van der Waals surface area contributed by atoms with Crippen LogP contribution in [0.3, 0.4) is 0 Å². The van der Waals surface area contributed by atoms with Crippen LogP contribution in [0.4, 0.5) is 11.4 Å². The van der Waals surface area contributed by atoms with E-state index in [0.717, 1.165) is 17.0 Å². The first kappa shape index (κ1) is 18.0. The van der Waals surface area contributed by atoms with E-state index in [4.69, 9.17) is 16.3 Å². The number of carbonyl (C=O) groups excluding carboxylic acids is 1. The lowest BCUT2D eigenvalue weighted by atomic mass is 9.96. The minimum Gasteiger partial charge on any atom is -0.492 e. The molecule has 0 saturated carbocycles. The number of nitrogens with zero attached hydrogens (tertiary/aromatic N) is 1. The summed E-state index contributed by atoms with van der Waals surface area (Å²) >= 11 is 5.99. The number of nitrogens with one attached hydrogen (secondary N) is 2. The molecule has 0 saturated heterocycles. The van der Waals surface area contributed by atoms with E-state index in [2.05, 4.69) is 10.6 Å². The number of fused-ring (bicyclic) bond motifs is 1. The molecule has 0 unspecified atom stereocenters. The summed E-state index contributed by atoms with van der Waals surface area (Å²) in [5.41, 5.74) is 1.74. The maximum Gasteiger partial charge on any atom is 0.269 e. The van der Waals surface area contributed by atoms with Crippen LogP contribution in [-0.2, 0) is 11.2 Å². The second kappa shape index (κ2) is 8.05. The van der Waals surface area contributed by atoms with Crippen LogP contribution < -0.4 is 15.4 Å². The lowest BCUT2D eigenvalue weighted by molar-refractivity contribution is -0.384. The van der Waals surface area contributed by atoms with E-state index in [-0.39, 0.29) is 17.5 Å². The van der Waals surface area contributed by atoms with Gasteiger partial charge in [0.05, 0.1) is 10.8 Å². The fourth-order valence-electron chi connectivity index (χ4n) is 2.77. The van der Waals surface area contributed by atoms with E-state index in [1.165, 1.54) is 12.1 Å². The number of nitro groups is 1. The number of hydrogen-bond donors (Lipinski definition) is 2. The lowest BCUT2D eigenvalue weighted by Gasteiger charge is -2.24. The van der Waals surface area contributed by atoms with Crippen molar-refractivity contribution in [2.75, 3.05) is 25.0 Å². The van der Waals surface area contributed by atoms with E-state index in [0.29, 0.717) is 31.1 Å². The third-order valence-corrected chi connectivity index (χ3v) is 4.37. The molecule has 0 spiro atoms. The van der Waals surface area contributed by atoms with Crippen LogP contribution in [0.1, 0.15) is 5.56 Å². The Hall–Kier alpha value is -2.80. The van der Waals surface area contributed by atoms with Crippen LogP contribution in [0.25, 0.3) is 0 Å². The number of carbonyl (C=O) groups is 1. The van der Waals surface area contributed by atoms with Gasteiger partial charge in [-0.15, -0.1) is 0 Å². The van der Waals surface area contributed by atoms with Crippen LogP contribution >= 0.6 is 11.6 Å². The molecular weight excluding hydrogens is 358 g/mol. The molecule has 0 bridgehead atoms. The van der Waals surface area contributed by atoms with Crippen molar-refractivity contribution >= 4 is 28.9 Å². The number of rotatable bonds is 6. The van der Waals surface area contributed by atoms with Crippen molar-refractivity contribution < 1.29 is 14.5 Å². The molecule has 1 atom stereocenters. The van der Waals surface area contributed by atoms with Gasteiger partial charge in [0.25, 0.3) is 5.69 Å². The van der Waals surface area contributed by atoms with Gasteiger partial charge in [-0.2, -0.15) is 0 Å². The van der Waals surface area contributed by atoms with Crippen molar-refractivity contribution in [1.29, 1.82) is 0 Å². The first-order chi connectivity index (χ1) is 12.5. The third-order valence-electron chi connectivity index (χ3n) is 4.13. The molecule has 3 rings (SSSR count). The zero-order valence-electron chi connectivity index (χ0n) is 13.9. The Morgan fingerprint density at radius 1 is 1.23 bits per heavy atom. The molecule has 2 aromatic carbocycles. The van der Waals surface area contributed by atoms with Gasteiger partial charge in [-0.1, -0.05) is 11.6 Å². The van der Waals surface area contributed by atoms with Crippen molar-refractivity contribution in [2.24, 2.45) is 5.92 Å². The minimum absolute atomic E-state index is 0.0431. The summed E-state index contributed by atoms with van der Waals surface area (Å²) < 4.78 is 5.63. The van der Waals surface area contributed by atoms with E-state index in [1.807, 2.05) is 12.1 Å².